The summed E-state index contributed by atoms with van der Waals surface area (Å²) in [5.41, 5.74) is 12.5. The predicted molar refractivity (Wildman–Crippen MR) is 111 cm³/mol. The van der Waals surface area contributed by atoms with Crippen LogP contribution >= 0.6 is 0 Å². The van der Waals surface area contributed by atoms with E-state index in [-0.39, 0.29) is 24.4 Å². The largest absolute Gasteiger partial charge is 0.369 e. The smallest absolute Gasteiger partial charge is 0.325 e. The van der Waals surface area contributed by atoms with Crippen LogP contribution in [0.1, 0.15) is 51.5 Å². The molecule has 1 saturated carbocycles. The SMILES string of the molecule is CC1(C)NC(=O)N(Cc2ccc(N3C(N)=NC(N)=NC34CCCCC4)cc2)C1=O. The average Bonchev–Trinajstić information content (AvgIpc) is 2.84. The Morgan fingerprint density at radius 2 is 1.72 bits per heavy atom. The number of guanidine groups is 2. The normalized spacial score (nSPS) is 23.1. The van der Waals surface area contributed by atoms with Crippen LogP contribution in [-0.2, 0) is 11.3 Å². The molecule has 9 heteroatoms. The fourth-order valence-corrected chi connectivity index (χ4v) is 4.39. The van der Waals surface area contributed by atoms with E-state index in [1.807, 2.05) is 29.2 Å². The zero-order valence-electron chi connectivity index (χ0n) is 16.8. The lowest BCUT2D eigenvalue weighted by Gasteiger charge is -2.45. The van der Waals surface area contributed by atoms with Gasteiger partial charge in [-0.1, -0.05) is 18.6 Å². The van der Waals surface area contributed by atoms with Crippen molar-refractivity contribution in [2.45, 2.75) is 63.7 Å². The van der Waals surface area contributed by atoms with Crippen molar-refractivity contribution in [2.75, 3.05) is 4.90 Å². The van der Waals surface area contributed by atoms with Crippen molar-refractivity contribution in [1.82, 2.24) is 10.2 Å². The van der Waals surface area contributed by atoms with Gasteiger partial charge in [0, 0.05) is 5.69 Å². The monoisotopic (exact) mass is 397 g/mol. The molecular weight excluding hydrogens is 370 g/mol. The minimum Gasteiger partial charge on any atom is -0.369 e. The Labute approximate surface area is 169 Å². The summed E-state index contributed by atoms with van der Waals surface area (Å²) in [5, 5.41) is 2.70. The standard InChI is InChI=1S/C20H27N7O2/c1-19(2)15(28)26(18(29)25-19)12-13-6-8-14(9-7-13)27-17(22)23-16(21)24-20(27)10-4-3-5-11-20/h6-9H,3-5,10-12H2,1-2H3,(H,25,29)(H4,21,22,23,24). The maximum atomic E-state index is 12.4. The molecule has 1 aliphatic carbocycles. The van der Waals surface area contributed by atoms with Crippen molar-refractivity contribution >= 4 is 29.5 Å². The number of anilines is 1. The molecule has 0 atom stereocenters. The van der Waals surface area contributed by atoms with E-state index in [0.29, 0.717) is 5.96 Å². The van der Waals surface area contributed by atoms with Gasteiger partial charge in [-0.05, 0) is 57.2 Å². The van der Waals surface area contributed by atoms with Crippen molar-refractivity contribution < 1.29 is 9.59 Å². The number of nitrogens with zero attached hydrogens (tertiary/aromatic N) is 4. The Hall–Kier alpha value is -3.10. The topological polar surface area (TPSA) is 129 Å². The molecule has 2 heterocycles. The quantitative estimate of drug-likeness (QED) is 0.668. The highest BCUT2D eigenvalue weighted by molar-refractivity contribution is 6.07. The number of imide groups is 1. The summed E-state index contributed by atoms with van der Waals surface area (Å²) in [5.74, 6) is 0.325. The second kappa shape index (κ2) is 6.75. The van der Waals surface area contributed by atoms with Crippen LogP contribution in [0.15, 0.2) is 34.3 Å². The van der Waals surface area contributed by atoms with Gasteiger partial charge in [-0.15, -0.1) is 0 Å². The molecule has 0 aromatic heterocycles. The van der Waals surface area contributed by atoms with E-state index in [1.54, 1.807) is 13.8 Å². The number of carbonyl (C=O) groups is 2. The van der Waals surface area contributed by atoms with Crippen molar-refractivity contribution in [3.05, 3.63) is 29.8 Å². The van der Waals surface area contributed by atoms with Gasteiger partial charge in [-0.2, -0.15) is 4.99 Å². The minimum atomic E-state index is -0.874. The van der Waals surface area contributed by atoms with Crippen LogP contribution in [0.4, 0.5) is 10.5 Å². The third-order valence-electron chi connectivity index (χ3n) is 5.83. The molecule has 3 aliphatic rings. The van der Waals surface area contributed by atoms with Gasteiger partial charge < -0.3 is 16.8 Å². The lowest BCUT2D eigenvalue weighted by atomic mass is 9.87. The van der Waals surface area contributed by atoms with Gasteiger partial charge in [0.2, 0.25) is 11.9 Å². The van der Waals surface area contributed by atoms with Gasteiger partial charge in [0.1, 0.15) is 11.2 Å². The average molecular weight is 397 g/mol. The Bertz CT molecular complexity index is 898. The Morgan fingerprint density at radius 1 is 1.07 bits per heavy atom. The number of nitrogens with two attached hydrogens (primary N) is 2. The number of urea groups is 1. The molecule has 4 rings (SSSR count). The maximum Gasteiger partial charge on any atom is 0.325 e. The molecule has 0 bridgehead atoms. The molecule has 0 radical (unpaired) electrons. The summed E-state index contributed by atoms with van der Waals surface area (Å²) in [6.07, 6.45) is 5.01. The summed E-state index contributed by atoms with van der Waals surface area (Å²) in [7, 11) is 0. The summed E-state index contributed by atoms with van der Waals surface area (Å²) < 4.78 is 0. The first-order valence-corrected chi connectivity index (χ1v) is 9.95. The first-order valence-electron chi connectivity index (χ1n) is 9.95. The fourth-order valence-electron chi connectivity index (χ4n) is 4.39. The van der Waals surface area contributed by atoms with Crippen molar-refractivity contribution in [1.29, 1.82) is 0 Å². The number of amides is 3. The van der Waals surface area contributed by atoms with E-state index in [0.717, 1.165) is 36.9 Å². The molecule has 1 aromatic carbocycles. The second-order valence-electron chi connectivity index (χ2n) is 8.43. The number of rotatable bonds is 3. The fraction of sp³-hybridized carbons (Fsp3) is 0.500. The van der Waals surface area contributed by atoms with Crippen LogP contribution in [0.25, 0.3) is 0 Å². The molecule has 2 fully saturated rings. The first kappa shape index (κ1) is 19.2. The Morgan fingerprint density at radius 3 is 2.31 bits per heavy atom. The molecule has 1 spiro atoms. The molecule has 1 aromatic rings. The number of hydrogen-bond acceptors (Lipinski definition) is 7. The summed E-state index contributed by atoms with van der Waals surface area (Å²) in [4.78, 5) is 36.6. The van der Waals surface area contributed by atoms with Gasteiger partial charge >= 0.3 is 6.03 Å². The van der Waals surface area contributed by atoms with Crippen LogP contribution in [0.5, 0.6) is 0 Å². The first-order chi connectivity index (χ1) is 13.7. The third-order valence-corrected chi connectivity index (χ3v) is 5.83. The van der Waals surface area contributed by atoms with Gasteiger partial charge in [0.25, 0.3) is 5.91 Å². The summed E-state index contributed by atoms with van der Waals surface area (Å²) >= 11 is 0. The minimum absolute atomic E-state index is 0.216. The molecule has 1 saturated heterocycles. The summed E-state index contributed by atoms with van der Waals surface area (Å²) in [6, 6.07) is 7.27. The molecule has 2 aliphatic heterocycles. The lowest BCUT2D eigenvalue weighted by molar-refractivity contribution is -0.130. The number of hydrogen-bond donors (Lipinski definition) is 3. The van der Waals surface area contributed by atoms with Gasteiger partial charge in [-0.25, -0.2) is 9.79 Å². The predicted octanol–water partition coefficient (Wildman–Crippen LogP) is 1.63. The van der Waals surface area contributed by atoms with Crippen LogP contribution in [-0.4, -0.2) is 40.0 Å². The number of benzene rings is 1. The highest BCUT2D eigenvalue weighted by Gasteiger charge is 2.44. The highest BCUT2D eigenvalue weighted by atomic mass is 16.2. The number of carbonyl (C=O) groups excluding carboxylic acids is 2. The molecular formula is C20H27N7O2. The third kappa shape index (κ3) is 3.30. The van der Waals surface area contributed by atoms with Crippen LogP contribution in [0.3, 0.4) is 0 Å². The molecule has 154 valence electrons. The van der Waals surface area contributed by atoms with Crippen LogP contribution < -0.4 is 21.7 Å². The van der Waals surface area contributed by atoms with E-state index in [1.165, 1.54) is 11.3 Å². The maximum absolute atomic E-state index is 12.4. The Kier molecular flexibility index (Phi) is 4.48. The van der Waals surface area contributed by atoms with Gasteiger partial charge in [0.05, 0.1) is 6.54 Å². The lowest BCUT2D eigenvalue weighted by Crippen LogP contribution is -2.58. The number of aliphatic imine (C=N–C) groups is 2. The van der Waals surface area contributed by atoms with Gasteiger partial charge in [-0.3, -0.25) is 14.6 Å². The Balaban J connectivity index is 1.58. The molecule has 29 heavy (non-hydrogen) atoms. The van der Waals surface area contributed by atoms with E-state index in [4.69, 9.17) is 11.5 Å². The van der Waals surface area contributed by atoms with E-state index in [9.17, 15) is 9.59 Å². The van der Waals surface area contributed by atoms with Gasteiger partial charge in [0.15, 0.2) is 0 Å². The van der Waals surface area contributed by atoms with E-state index >= 15 is 0 Å². The molecule has 3 amide bonds. The summed E-state index contributed by atoms with van der Waals surface area (Å²) in [6.45, 7) is 3.61. The van der Waals surface area contributed by atoms with Crippen molar-refractivity contribution in [3.63, 3.8) is 0 Å². The second-order valence-corrected chi connectivity index (χ2v) is 8.43. The number of nitrogens with one attached hydrogen (secondary N) is 1. The molecule has 9 nitrogen and oxygen atoms in total. The molecule has 5 N–H and O–H groups in total. The van der Waals surface area contributed by atoms with Crippen molar-refractivity contribution in [3.8, 4) is 0 Å². The zero-order chi connectivity index (χ0) is 20.8. The highest BCUT2D eigenvalue weighted by Crippen LogP contribution is 2.39. The van der Waals surface area contributed by atoms with E-state index in [2.05, 4.69) is 15.3 Å². The van der Waals surface area contributed by atoms with Crippen LogP contribution in [0, 0.1) is 0 Å². The van der Waals surface area contributed by atoms with Crippen molar-refractivity contribution in [2.24, 2.45) is 21.5 Å². The van der Waals surface area contributed by atoms with Crippen LogP contribution in [0.2, 0.25) is 0 Å². The zero-order valence-corrected chi connectivity index (χ0v) is 16.8. The molecule has 0 unspecified atom stereocenters. The van der Waals surface area contributed by atoms with E-state index < -0.39 is 11.2 Å².